The van der Waals surface area contributed by atoms with E-state index in [-0.39, 0.29) is 29.9 Å². The lowest BCUT2D eigenvalue weighted by Crippen LogP contribution is -2.44. The highest BCUT2D eigenvalue weighted by Crippen LogP contribution is 2.18. The topological polar surface area (TPSA) is 95.9 Å². The molecule has 2 aromatic carbocycles. The zero-order valence-corrected chi connectivity index (χ0v) is 16.0. The summed E-state index contributed by atoms with van der Waals surface area (Å²) >= 11 is 0. The maximum Gasteiger partial charge on any atom is 0.335 e. The van der Waals surface area contributed by atoms with Crippen molar-refractivity contribution in [2.75, 3.05) is 19.7 Å². The van der Waals surface area contributed by atoms with Crippen LogP contribution in [0.25, 0.3) is 0 Å². The fraction of sp³-hybridized carbons (Fsp3) is 0.318. The summed E-state index contributed by atoms with van der Waals surface area (Å²) in [7, 11) is 0. The number of aromatic carboxylic acids is 1. The number of ether oxygens (including phenoxy) is 1. The first kappa shape index (κ1) is 20.4. The fourth-order valence-electron chi connectivity index (χ4n) is 3.24. The predicted octanol–water partition coefficient (Wildman–Crippen LogP) is 2.32. The van der Waals surface area contributed by atoms with Gasteiger partial charge in [-0.05, 0) is 42.7 Å². The maximum absolute atomic E-state index is 12.4. The summed E-state index contributed by atoms with van der Waals surface area (Å²) in [5.41, 5.74) is 1.06. The van der Waals surface area contributed by atoms with Gasteiger partial charge in [0, 0.05) is 25.6 Å². The van der Waals surface area contributed by atoms with E-state index in [9.17, 15) is 14.4 Å². The average Bonchev–Trinajstić information content (AvgIpc) is 2.77. The lowest BCUT2D eigenvalue weighted by molar-refractivity contribution is -0.137. The number of nitrogens with zero attached hydrogens (tertiary/aromatic N) is 1. The Bertz CT molecular complexity index is 843. The van der Waals surface area contributed by atoms with Crippen molar-refractivity contribution in [1.82, 2.24) is 10.2 Å². The molecule has 0 aromatic heterocycles. The quantitative estimate of drug-likeness (QED) is 0.749. The molecule has 0 unspecified atom stereocenters. The third-order valence-electron chi connectivity index (χ3n) is 4.99. The van der Waals surface area contributed by atoms with Crippen LogP contribution in [0.3, 0.4) is 0 Å². The van der Waals surface area contributed by atoms with E-state index in [1.54, 1.807) is 29.2 Å². The number of carbonyl (C=O) groups excluding carboxylic acids is 2. The van der Waals surface area contributed by atoms with Gasteiger partial charge < -0.3 is 20.1 Å². The first-order valence-corrected chi connectivity index (χ1v) is 9.58. The van der Waals surface area contributed by atoms with Crippen molar-refractivity contribution in [2.24, 2.45) is 5.92 Å². The van der Waals surface area contributed by atoms with Crippen molar-refractivity contribution in [2.45, 2.75) is 19.4 Å². The van der Waals surface area contributed by atoms with E-state index in [0.717, 1.165) is 5.56 Å². The molecule has 29 heavy (non-hydrogen) atoms. The van der Waals surface area contributed by atoms with Gasteiger partial charge in [0.25, 0.3) is 5.91 Å². The number of hydrogen-bond acceptors (Lipinski definition) is 4. The molecule has 152 valence electrons. The van der Waals surface area contributed by atoms with E-state index in [1.165, 1.54) is 12.1 Å². The lowest BCUT2D eigenvalue weighted by Gasteiger charge is -2.31. The SMILES string of the molecule is O=C(O)c1ccc(CNC(=O)C2CCN(C(=O)COc3ccccc3)CC2)cc1. The van der Waals surface area contributed by atoms with Crippen LogP contribution >= 0.6 is 0 Å². The van der Waals surface area contributed by atoms with Gasteiger partial charge >= 0.3 is 5.97 Å². The summed E-state index contributed by atoms with van der Waals surface area (Å²) < 4.78 is 5.50. The summed E-state index contributed by atoms with van der Waals surface area (Å²) in [6.45, 7) is 1.40. The third kappa shape index (κ3) is 5.81. The second kappa shape index (κ2) is 9.73. The smallest absolute Gasteiger partial charge is 0.335 e. The first-order chi connectivity index (χ1) is 14.0. The molecule has 0 aliphatic carbocycles. The van der Waals surface area contributed by atoms with Crippen LogP contribution in [0.2, 0.25) is 0 Å². The molecule has 1 saturated heterocycles. The molecule has 7 nitrogen and oxygen atoms in total. The second-order valence-corrected chi connectivity index (χ2v) is 6.98. The van der Waals surface area contributed by atoms with Crippen LogP contribution in [0.5, 0.6) is 5.75 Å². The van der Waals surface area contributed by atoms with Crippen LogP contribution in [-0.4, -0.2) is 47.5 Å². The number of carboxylic acid groups (broad SMARTS) is 1. The van der Waals surface area contributed by atoms with Gasteiger partial charge in [0.2, 0.25) is 5.91 Å². The van der Waals surface area contributed by atoms with E-state index in [0.29, 0.717) is 38.2 Å². The number of carbonyl (C=O) groups is 3. The molecule has 0 atom stereocenters. The van der Waals surface area contributed by atoms with E-state index in [4.69, 9.17) is 9.84 Å². The highest BCUT2D eigenvalue weighted by atomic mass is 16.5. The molecule has 1 heterocycles. The molecular weight excluding hydrogens is 372 g/mol. The normalized spacial score (nSPS) is 14.3. The van der Waals surface area contributed by atoms with E-state index < -0.39 is 5.97 Å². The molecule has 0 spiro atoms. The number of rotatable bonds is 7. The van der Waals surface area contributed by atoms with Gasteiger partial charge in [0.15, 0.2) is 6.61 Å². The van der Waals surface area contributed by atoms with Crippen molar-refractivity contribution in [1.29, 1.82) is 0 Å². The van der Waals surface area contributed by atoms with Crippen molar-refractivity contribution in [3.63, 3.8) is 0 Å². The van der Waals surface area contributed by atoms with Gasteiger partial charge in [-0.2, -0.15) is 0 Å². The number of nitrogens with one attached hydrogen (secondary N) is 1. The summed E-state index contributed by atoms with van der Waals surface area (Å²) in [6.07, 6.45) is 1.22. The van der Waals surface area contributed by atoms with Crippen LogP contribution in [0.15, 0.2) is 54.6 Å². The Morgan fingerprint density at radius 3 is 2.28 bits per heavy atom. The van der Waals surface area contributed by atoms with Crippen LogP contribution in [0, 0.1) is 5.92 Å². The van der Waals surface area contributed by atoms with Crippen LogP contribution in [-0.2, 0) is 16.1 Å². The Kier molecular flexibility index (Phi) is 6.84. The molecule has 1 aliphatic heterocycles. The van der Waals surface area contributed by atoms with E-state index in [2.05, 4.69) is 5.32 Å². The number of amides is 2. The molecule has 2 amide bonds. The van der Waals surface area contributed by atoms with Gasteiger partial charge in [-0.25, -0.2) is 4.79 Å². The van der Waals surface area contributed by atoms with Gasteiger partial charge in [0.05, 0.1) is 5.56 Å². The Morgan fingerprint density at radius 1 is 1.00 bits per heavy atom. The molecule has 2 aromatic rings. The number of piperidine rings is 1. The highest BCUT2D eigenvalue weighted by molar-refractivity contribution is 5.87. The van der Waals surface area contributed by atoms with Crippen LogP contribution in [0.4, 0.5) is 0 Å². The molecule has 3 rings (SSSR count). The lowest BCUT2D eigenvalue weighted by atomic mass is 9.95. The third-order valence-corrected chi connectivity index (χ3v) is 4.99. The van der Waals surface area contributed by atoms with Crippen LogP contribution in [0.1, 0.15) is 28.8 Å². The van der Waals surface area contributed by atoms with Gasteiger partial charge in [0.1, 0.15) is 5.75 Å². The molecule has 1 fully saturated rings. The summed E-state index contributed by atoms with van der Waals surface area (Å²) in [4.78, 5) is 37.3. The molecule has 0 saturated carbocycles. The van der Waals surface area contributed by atoms with Crippen molar-refractivity contribution in [3.8, 4) is 5.75 Å². The van der Waals surface area contributed by atoms with Crippen LogP contribution < -0.4 is 10.1 Å². The van der Waals surface area contributed by atoms with E-state index in [1.807, 2.05) is 18.2 Å². The Balaban J connectivity index is 1.39. The summed E-state index contributed by atoms with van der Waals surface area (Å²) in [5.74, 6) is -0.568. The van der Waals surface area contributed by atoms with Gasteiger partial charge in [-0.1, -0.05) is 30.3 Å². The van der Waals surface area contributed by atoms with Crippen molar-refractivity contribution >= 4 is 17.8 Å². The van der Waals surface area contributed by atoms with Gasteiger partial charge in [-0.3, -0.25) is 9.59 Å². The number of carboxylic acids is 1. The summed E-state index contributed by atoms with van der Waals surface area (Å²) in [6, 6.07) is 15.6. The number of benzene rings is 2. The Hall–Kier alpha value is -3.35. The molecule has 0 bridgehead atoms. The van der Waals surface area contributed by atoms with E-state index >= 15 is 0 Å². The largest absolute Gasteiger partial charge is 0.484 e. The fourth-order valence-corrected chi connectivity index (χ4v) is 3.24. The Labute approximate surface area is 169 Å². The Morgan fingerprint density at radius 2 is 1.66 bits per heavy atom. The minimum Gasteiger partial charge on any atom is -0.484 e. The number of likely N-dealkylation sites (tertiary alicyclic amines) is 1. The molecule has 2 N–H and O–H groups in total. The number of hydrogen-bond donors (Lipinski definition) is 2. The zero-order chi connectivity index (χ0) is 20.6. The van der Waals surface area contributed by atoms with Crippen molar-refractivity contribution < 1.29 is 24.2 Å². The number of para-hydroxylation sites is 1. The highest BCUT2D eigenvalue weighted by Gasteiger charge is 2.27. The second-order valence-electron chi connectivity index (χ2n) is 6.98. The molecule has 7 heteroatoms. The standard InChI is InChI=1S/C22H24N2O5/c25-20(15-29-19-4-2-1-3-5-19)24-12-10-17(11-13-24)21(26)23-14-16-6-8-18(9-7-16)22(27)28/h1-9,17H,10-15H2,(H,23,26)(H,27,28). The first-order valence-electron chi connectivity index (χ1n) is 9.58. The molecule has 1 aliphatic rings. The molecule has 0 radical (unpaired) electrons. The summed E-state index contributed by atoms with van der Waals surface area (Å²) in [5, 5.41) is 11.8. The average molecular weight is 396 g/mol. The van der Waals surface area contributed by atoms with Crippen molar-refractivity contribution in [3.05, 3.63) is 65.7 Å². The minimum absolute atomic E-state index is 0.00673. The minimum atomic E-state index is -0.976. The maximum atomic E-state index is 12.4. The monoisotopic (exact) mass is 396 g/mol. The zero-order valence-electron chi connectivity index (χ0n) is 16.0. The predicted molar refractivity (Wildman–Crippen MR) is 106 cm³/mol. The van der Waals surface area contributed by atoms with Gasteiger partial charge in [-0.15, -0.1) is 0 Å². The molecular formula is C22H24N2O5.